The van der Waals surface area contributed by atoms with Gasteiger partial charge in [0.1, 0.15) is 0 Å². The van der Waals surface area contributed by atoms with E-state index in [0.717, 1.165) is 18.8 Å². The second-order valence-electron chi connectivity index (χ2n) is 5.53. The first kappa shape index (κ1) is 17.4. The van der Waals surface area contributed by atoms with E-state index in [-0.39, 0.29) is 0 Å². The Balaban J connectivity index is 1.89. The highest BCUT2D eigenvalue weighted by Gasteiger charge is 2.09. The molecule has 0 saturated carbocycles. The standard InChI is InChI=1S/C18H24Cl2N2/c1-2-3-4-5-6-12-21-14-15-9-8-13-22(15)17-11-7-10-16(19)18(17)20/h7-11,13,21H,2-6,12,14H2,1H3. The van der Waals surface area contributed by atoms with Crippen LogP contribution in [0.4, 0.5) is 0 Å². The first-order valence-electron chi connectivity index (χ1n) is 8.05. The Morgan fingerprint density at radius 1 is 1.00 bits per heavy atom. The molecule has 0 aliphatic heterocycles. The number of aromatic nitrogens is 1. The molecule has 0 atom stereocenters. The molecular formula is C18H24Cl2N2. The zero-order chi connectivity index (χ0) is 15.8. The van der Waals surface area contributed by atoms with Gasteiger partial charge in [-0.15, -0.1) is 0 Å². The summed E-state index contributed by atoms with van der Waals surface area (Å²) >= 11 is 12.4. The van der Waals surface area contributed by atoms with Crippen molar-refractivity contribution in [2.75, 3.05) is 6.54 Å². The average Bonchev–Trinajstić information content (AvgIpc) is 2.97. The van der Waals surface area contributed by atoms with Crippen LogP contribution < -0.4 is 5.32 Å². The Bertz CT molecular complexity index is 578. The smallest absolute Gasteiger partial charge is 0.0832 e. The van der Waals surface area contributed by atoms with Gasteiger partial charge >= 0.3 is 0 Å². The van der Waals surface area contributed by atoms with Gasteiger partial charge in [0.15, 0.2) is 0 Å². The topological polar surface area (TPSA) is 17.0 Å². The lowest BCUT2D eigenvalue weighted by Gasteiger charge is -2.12. The first-order valence-corrected chi connectivity index (χ1v) is 8.81. The molecule has 0 fully saturated rings. The summed E-state index contributed by atoms with van der Waals surface area (Å²) in [6.45, 7) is 4.13. The fraction of sp³-hybridized carbons (Fsp3) is 0.444. The van der Waals surface area contributed by atoms with Crippen LogP contribution >= 0.6 is 23.2 Å². The maximum atomic E-state index is 6.32. The van der Waals surface area contributed by atoms with E-state index in [4.69, 9.17) is 23.2 Å². The van der Waals surface area contributed by atoms with Crippen molar-refractivity contribution in [3.8, 4) is 5.69 Å². The minimum atomic E-state index is 0.586. The summed E-state index contributed by atoms with van der Waals surface area (Å²) in [5, 5.41) is 4.70. The van der Waals surface area contributed by atoms with Crippen LogP contribution in [0.3, 0.4) is 0 Å². The molecule has 2 aromatic rings. The zero-order valence-electron chi connectivity index (χ0n) is 13.1. The molecule has 1 aromatic carbocycles. The Morgan fingerprint density at radius 2 is 1.82 bits per heavy atom. The molecule has 0 amide bonds. The molecule has 0 unspecified atom stereocenters. The van der Waals surface area contributed by atoms with Crippen molar-refractivity contribution in [3.63, 3.8) is 0 Å². The van der Waals surface area contributed by atoms with Gasteiger partial charge in [-0.05, 0) is 37.2 Å². The van der Waals surface area contributed by atoms with E-state index in [9.17, 15) is 0 Å². The van der Waals surface area contributed by atoms with E-state index in [1.165, 1.54) is 37.8 Å². The summed E-state index contributed by atoms with van der Waals surface area (Å²) in [6, 6.07) is 9.87. The molecule has 4 heteroatoms. The second-order valence-corrected chi connectivity index (χ2v) is 6.32. The predicted octanol–water partition coefficient (Wildman–Crippen LogP) is 5.84. The van der Waals surface area contributed by atoms with Crippen LogP contribution in [0.15, 0.2) is 36.5 Å². The number of hydrogen-bond acceptors (Lipinski definition) is 1. The molecule has 0 aliphatic rings. The van der Waals surface area contributed by atoms with Crippen LogP contribution in [-0.2, 0) is 6.54 Å². The maximum absolute atomic E-state index is 6.32. The van der Waals surface area contributed by atoms with Crippen LogP contribution in [0.2, 0.25) is 10.0 Å². The maximum Gasteiger partial charge on any atom is 0.0832 e. The van der Waals surface area contributed by atoms with Gasteiger partial charge in [0.05, 0.1) is 15.7 Å². The van der Waals surface area contributed by atoms with Crippen molar-refractivity contribution >= 4 is 23.2 Å². The number of rotatable bonds is 9. The van der Waals surface area contributed by atoms with Gasteiger partial charge in [-0.1, -0.05) is 61.9 Å². The second kappa shape index (κ2) is 9.24. The quantitative estimate of drug-likeness (QED) is 0.568. The molecule has 2 nitrogen and oxygen atoms in total. The molecule has 0 saturated heterocycles. The van der Waals surface area contributed by atoms with Gasteiger partial charge < -0.3 is 9.88 Å². The number of benzene rings is 1. The summed E-state index contributed by atoms with van der Waals surface area (Å²) in [5.41, 5.74) is 2.12. The Labute approximate surface area is 143 Å². The molecule has 2 rings (SSSR count). The summed E-state index contributed by atoms with van der Waals surface area (Å²) in [6.07, 6.45) is 8.54. The minimum Gasteiger partial charge on any atom is -0.318 e. The van der Waals surface area contributed by atoms with Crippen LogP contribution in [0.5, 0.6) is 0 Å². The molecule has 0 bridgehead atoms. The highest BCUT2D eigenvalue weighted by molar-refractivity contribution is 6.43. The minimum absolute atomic E-state index is 0.586. The van der Waals surface area contributed by atoms with E-state index in [1.54, 1.807) is 0 Å². The van der Waals surface area contributed by atoms with Gasteiger partial charge in [-0.3, -0.25) is 0 Å². The van der Waals surface area contributed by atoms with E-state index < -0.39 is 0 Å². The molecule has 1 aromatic heterocycles. The third-order valence-corrected chi connectivity index (χ3v) is 4.60. The van der Waals surface area contributed by atoms with Gasteiger partial charge in [-0.2, -0.15) is 0 Å². The number of nitrogens with one attached hydrogen (secondary N) is 1. The molecule has 0 aliphatic carbocycles. The number of nitrogens with zero attached hydrogens (tertiary/aromatic N) is 1. The molecule has 1 N–H and O–H groups in total. The molecule has 0 spiro atoms. The van der Waals surface area contributed by atoms with E-state index >= 15 is 0 Å². The molecular weight excluding hydrogens is 315 g/mol. The SMILES string of the molecule is CCCCCCCNCc1cccn1-c1cccc(Cl)c1Cl. The number of hydrogen-bond donors (Lipinski definition) is 1. The lowest BCUT2D eigenvalue weighted by Crippen LogP contribution is -2.17. The van der Waals surface area contributed by atoms with Crippen molar-refractivity contribution in [3.05, 3.63) is 52.3 Å². The van der Waals surface area contributed by atoms with Crippen molar-refractivity contribution < 1.29 is 0 Å². The zero-order valence-corrected chi connectivity index (χ0v) is 14.6. The van der Waals surface area contributed by atoms with Crippen LogP contribution in [0, 0.1) is 0 Å². The van der Waals surface area contributed by atoms with E-state index in [2.05, 4.69) is 22.9 Å². The largest absolute Gasteiger partial charge is 0.318 e. The third-order valence-electron chi connectivity index (χ3n) is 3.79. The molecule has 22 heavy (non-hydrogen) atoms. The van der Waals surface area contributed by atoms with Crippen LogP contribution in [-0.4, -0.2) is 11.1 Å². The lowest BCUT2D eigenvalue weighted by molar-refractivity contribution is 0.578. The summed E-state index contributed by atoms with van der Waals surface area (Å²) in [7, 11) is 0. The molecule has 120 valence electrons. The fourth-order valence-corrected chi connectivity index (χ4v) is 2.93. The van der Waals surface area contributed by atoms with Gasteiger partial charge in [0, 0.05) is 18.4 Å². The van der Waals surface area contributed by atoms with Gasteiger partial charge in [0.25, 0.3) is 0 Å². The highest BCUT2D eigenvalue weighted by Crippen LogP contribution is 2.29. The Kier molecular flexibility index (Phi) is 7.31. The van der Waals surface area contributed by atoms with Crippen LogP contribution in [0.25, 0.3) is 5.69 Å². The average molecular weight is 339 g/mol. The lowest BCUT2D eigenvalue weighted by atomic mass is 10.1. The van der Waals surface area contributed by atoms with Gasteiger partial charge in [-0.25, -0.2) is 0 Å². The number of unbranched alkanes of at least 4 members (excludes halogenated alkanes) is 4. The van der Waals surface area contributed by atoms with Crippen molar-refractivity contribution in [1.82, 2.24) is 9.88 Å². The third kappa shape index (κ3) is 4.77. The normalized spacial score (nSPS) is 11.0. The van der Waals surface area contributed by atoms with Gasteiger partial charge in [0.2, 0.25) is 0 Å². The summed E-state index contributed by atoms with van der Waals surface area (Å²) < 4.78 is 2.10. The predicted molar refractivity (Wildman–Crippen MR) is 96.3 cm³/mol. The van der Waals surface area contributed by atoms with Crippen molar-refractivity contribution in [2.45, 2.75) is 45.6 Å². The molecule has 0 radical (unpaired) electrons. The fourth-order valence-electron chi connectivity index (χ4n) is 2.54. The van der Waals surface area contributed by atoms with E-state index in [0.29, 0.717) is 10.0 Å². The Morgan fingerprint density at radius 3 is 2.64 bits per heavy atom. The summed E-state index contributed by atoms with van der Waals surface area (Å²) in [5.74, 6) is 0. The number of halogens is 2. The van der Waals surface area contributed by atoms with Crippen molar-refractivity contribution in [1.29, 1.82) is 0 Å². The Hall–Kier alpha value is -0.960. The monoisotopic (exact) mass is 338 g/mol. The summed E-state index contributed by atoms with van der Waals surface area (Å²) in [4.78, 5) is 0. The van der Waals surface area contributed by atoms with Crippen LogP contribution in [0.1, 0.15) is 44.7 Å². The molecule has 1 heterocycles. The first-order chi connectivity index (χ1) is 10.7. The highest BCUT2D eigenvalue weighted by atomic mass is 35.5. The van der Waals surface area contributed by atoms with E-state index in [1.807, 2.05) is 30.5 Å². The van der Waals surface area contributed by atoms with Crippen molar-refractivity contribution in [2.24, 2.45) is 0 Å².